The van der Waals surface area contributed by atoms with Gasteiger partial charge in [-0.15, -0.1) is 0 Å². The minimum Gasteiger partial charge on any atom is -0.506 e. The number of piperidine rings is 3. The molecular weight excluding hydrogens is 1890 g/mol. The molecule has 15 aromatic rings. The number of hydrogen-bond acceptors (Lipinski definition) is 26. The molecule has 10 aromatic carbocycles. The second-order valence-corrected chi connectivity index (χ2v) is 46.5. The fourth-order valence-electron chi connectivity index (χ4n) is 15.9. The number of sulfonamides is 5. The zero-order chi connectivity index (χ0) is 93.1. The SMILES string of the molecule is CC1CCN(S(=O)(=O)c2ccc(O)c(-n3sc4ccccc4c3=O)c2)CC1.Cc1ccc(-n2sc3ccccc3c2=O)cc1S(=O)(=O)N1CCCCC1.O=c1c2ccccc2sn1-c1cc(S(=O)(=O)N2CCCCC2)ccc1O.O=c1c2ccccc2sn1-c1cc(S(=O)(=O)N2CCCOCC2)ccc1O.O=c1c2ccccc2sn1-c1cc(S(=O)(=O)N2CCOCC2)ccc1O. The molecule has 0 saturated carbocycles. The smallest absolute Gasteiger partial charge is 0.273 e. The van der Waals surface area contributed by atoms with E-state index in [0.29, 0.717) is 128 Å². The molecule has 0 unspecified atom stereocenters. The molecule has 5 fully saturated rings. The van der Waals surface area contributed by atoms with Crippen LogP contribution in [0.25, 0.3) is 78.9 Å². The molecule has 0 bridgehead atoms. The van der Waals surface area contributed by atoms with Crippen molar-refractivity contribution in [1.29, 1.82) is 0 Å². The summed E-state index contributed by atoms with van der Waals surface area (Å²) in [5.41, 5.74) is 0.758. The minimum atomic E-state index is -3.74. The Morgan fingerprint density at radius 3 is 0.879 bits per heavy atom. The first-order valence-corrected chi connectivity index (χ1v) is 53.5. The Hall–Kier alpha value is -10.7. The lowest BCUT2D eigenvalue weighted by atomic mass is 10.0. The standard InChI is InChI=1S/C19H20N2O4S2.C19H20N2O3S2.C18H18N2O5S2.C18H18N2O4S2.C17H16N2O5S2/c1-13-8-10-20(11-9-13)27(24,25)14-6-7-17(22)16(12-14)21-19(23)15-4-2-3-5-18(15)26-21;1-14-9-10-15(21-19(22)16-7-3-4-8-17(16)25-21)13-18(14)26(23,24)20-11-5-2-6-12-20;21-16-7-6-13(27(23,24)19-8-3-10-25-11-9-19)12-15(16)20-18(22)14-4-1-2-5-17(14)26-20;21-16-9-8-13(26(23,24)19-10-4-1-5-11-19)12-15(16)20-18(22)14-6-2-3-7-17(14)25-20;20-15-6-5-12(26(22,23)18-7-9-24-10-8-18)11-14(15)19-17(21)13-3-1-2-4-16(13)25-19/h2-7,12-13,22H,8-11H2,1H3;3-4,7-10,13H,2,5-6,11-12H2,1H3;1-2,4-7,12,21H,3,8-11H2;2-3,6-9,12,21H,1,4-5,10-11H2;1-6,11,20H,7-10H2. The number of aryl methyl sites for hydroxylation is 1. The molecule has 10 heterocycles. The van der Waals surface area contributed by atoms with E-state index in [2.05, 4.69) is 6.92 Å². The Bertz CT molecular complexity index is 7610. The van der Waals surface area contributed by atoms with E-state index in [0.717, 1.165) is 86.4 Å². The van der Waals surface area contributed by atoms with Crippen molar-refractivity contribution >= 4 is 158 Å². The largest absolute Gasteiger partial charge is 0.506 e. The van der Waals surface area contributed by atoms with Crippen LogP contribution in [0.15, 0.2) is 261 Å². The van der Waals surface area contributed by atoms with Crippen LogP contribution in [0, 0.1) is 12.8 Å². The van der Waals surface area contributed by atoms with E-state index in [1.165, 1.54) is 152 Å². The van der Waals surface area contributed by atoms with Crippen LogP contribution in [0.2, 0.25) is 0 Å². The second-order valence-electron chi connectivity index (χ2n) is 31.9. The van der Waals surface area contributed by atoms with Gasteiger partial charge in [0.25, 0.3) is 27.8 Å². The molecule has 5 saturated heterocycles. The number of phenols is 4. The van der Waals surface area contributed by atoms with E-state index in [1.807, 2.05) is 66.7 Å². The third-order valence-corrected chi connectivity index (χ3v) is 38.3. The Balaban J connectivity index is 0.000000120. The summed E-state index contributed by atoms with van der Waals surface area (Å²) in [5, 5.41) is 43.8. The Morgan fingerprint density at radius 2 is 0.553 bits per heavy atom. The number of hydrogen-bond donors (Lipinski definition) is 4. The second kappa shape index (κ2) is 39.9. The summed E-state index contributed by atoms with van der Waals surface area (Å²) in [4.78, 5) is 63.9. The maximum Gasteiger partial charge on any atom is 0.273 e. The predicted octanol–water partition coefficient (Wildman–Crippen LogP) is 13.6. The molecule has 5 aliphatic rings. The summed E-state index contributed by atoms with van der Waals surface area (Å²) < 4.78 is 158. The number of ether oxygens (including phenoxy) is 2. The number of nitrogens with zero attached hydrogens (tertiary/aromatic N) is 10. The van der Waals surface area contributed by atoms with Crippen molar-refractivity contribution in [2.24, 2.45) is 5.92 Å². The van der Waals surface area contributed by atoms with Crippen molar-refractivity contribution in [3.8, 4) is 51.4 Å². The molecule has 0 radical (unpaired) electrons. The molecule has 31 nitrogen and oxygen atoms in total. The van der Waals surface area contributed by atoms with E-state index >= 15 is 0 Å². The summed E-state index contributed by atoms with van der Waals surface area (Å²) in [5.74, 6) is -0.0449. The van der Waals surface area contributed by atoms with Gasteiger partial charge in [-0.3, -0.25) is 24.0 Å². The van der Waals surface area contributed by atoms with Crippen molar-refractivity contribution in [3.63, 3.8) is 0 Å². The lowest BCUT2D eigenvalue weighted by molar-refractivity contribution is 0.0730. The first-order valence-electron chi connectivity index (χ1n) is 42.5. The number of benzene rings is 10. The molecule has 0 aliphatic carbocycles. The number of rotatable bonds is 15. The van der Waals surface area contributed by atoms with Gasteiger partial charge < -0.3 is 29.9 Å². The maximum atomic E-state index is 13.1. The summed E-state index contributed by atoms with van der Waals surface area (Å²) in [6.07, 6.45) is 7.88. The van der Waals surface area contributed by atoms with Crippen molar-refractivity contribution in [2.75, 3.05) is 91.9 Å². The minimum absolute atomic E-state index is 0.0385. The number of aromatic nitrogens is 5. The molecule has 5 aliphatic heterocycles. The van der Waals surface area contributed by atoms with Gasteiger partial charge in [-0.2, -0.15) is 21.5 Å². The zero-order valence-corrected chi connectivity index (χ0v) is 79.5. The van der Waals surface area contributed by atoms with Crippen LogP contribution in [0.4, 0.5) is 0 Å². The van der Waals surface area contributed by atoms with Gasteiger partial charge in [-0.1, -0.05) is 144 Å². The van der Waals surface area contributed by atoms with Crippen molar-refractivity contribution in [1.82, 2.24) is 41.3 Å². The first kappa shape index (κ1) is 94.5. The van der Waals surface area contributed by atoms with Gasteiger partial charge >= 0.3 is 0 Å². The monoisotopic (exact) mass is 1980 g/mol. The highest BCUT2D eigenvalue weighted by Crippen LogP contribution is 2.38. The predicted molar refractivity (Wildman–Crippen MR) is 515 cm³/mol. The van der Waals surface area contributed by atoms with Crippen LogP contribution >= 0.6 is 57.7 Å². The molecule has 692 valence electrons. The average molecular weight is 1980 g/mol. The molecule has 20 rings (SSSR count). The van der Waals surface area contributed by atoms with Crippen LogP contribution in [0.1, 0.15) is 70.3 Å². The van der Waals surface area contributed by atoms with Gasteiger partial charge in [0.15, 0.2) is 0 Å². The summed E-state index contributed by atoms with van der Waals surface area (Å²) in [6, 6.07) is 57.4. The quantitative estimate of drug-likeness (QED) is 0.0740. The molecule has 5 aromatic heterocycles. The first-order chi connectivity index (χ1) is 63.3. The van der Waals surface area contributed by atoms with E-state index in [9.17, 15) is 86.5 Å². The van der Waals surface area contributed by atoms with Gasteiger partial charge in [0, 0.05) is 72.1 Å². The van der Waals surface area contributed by atoms with Gasteiger partial charge in [0.05, 0.1) is 100 Å². The zero-order valence-electron chi connectivity index (χ0n) is 71.3. The lowest BCUT2D eigenvalue weighted by Gasteiger charge is -2.29. The Labute approximate surface area is 780 Å². The third-order valence-electron chi connectivity index (χ3n) is 23.2. The van der Waals surface area contributed by atoms with Gasteiger partial charge in [-0.25, -0.2) is 61.9 Å². The van der Waals surface area contributed by atoms with E-state index in [1.54, 1.807) is 88.0 Å². The van der Waals surface area contributed by atoms with Crippen LogP contribution < -0.4 is 27.8 Å². The lowest BCUT2D eigenvalue weighted by Crippen LogP contribution is -2.40. The highest BCUT2D eigenvalue weighted by Gasteiger charge is 2.35. The molecule has 4 N–H and O–H groups in total. The maximum absolute atomic E-state index is 13.1. The van der Waals surface area contributed by atoms with Crippen LogP contribution in [-0.4, -0.2) is 196 Å². The number of fused-ring (bicyclic) bond motifs is 5. The van der Waals surface area contributed by atoms with Crippen molar-refractivity contribution in [2.45, 2.75) is 96.1 Å². The summed E-state index contributed by atoms with van der Waals surface area (Å²) in [6.45, 7) is 9.82. The Kier molecular flexibility index (Phi) is 28.5. The summed E-state index contributed by atoms with van der Waals surface area (Å²) >= 11 is 6.02. The van der Waals surface area contributed by atoms with E-state index in [-0.39, 0.29) is 113 Å². The third kappa shape index (κ3) is 19.5. The van der Waals surface area contributed by atoms with Crippen molar-refractivity contribution in [3.05, 3.63) is 270 Å². The van der Waals surface area contributed by atoms with Crippen molar-refractivity contribution < 1.29 is 72.0 Å². The van der Waals surface area contributed by atoms with Crippen LogP contribution in [0.5, 0.6) is 23.0 Å². The van der Waals surface area contributed by atoms with E-state index in [4.69, 9.17) is 9.47 Å². The highest BCUT2D eigenvalue weighted by atomic mass is 32.2. The van der Waals surface area contributed by atoms with E-state index < -0.39 is 50.1 Å². The van der Waals surface area contributed by atoms with Gasteiger partial charge in [0.2, 0.25) is 50.1 Å². The number of aromatic hydroxyl groups is 4. The topological polar surface area (TPSA) is 396 Å². The van der Waals surface area contributed by atoms with Crippen LogP contribution in [-0.2, 0) is 59.6 Å². The molecular formula is C91H92N10O21S10. The molecule has 0 spiro atoms. The molecule has 41 heteroatoms. The van der Waals surface area contributed by atoms with Gasteiger partial charge in [0.1, 0.15) is 45.7 Å². The average Bonchev–Trinajstić information content (AvgIpc) is 1.60. The number of phenolic OH excluding ortho intramolecular Hbond substituents is 4. The fraction of sp³-hybridized carbons (Fsp3) is 0.286. The van der Waals surface area contributed by atoms with Gasteiger partial charge in [-0.05, 0) is 209 Å². The Morgan fingerprint density at radius 1 is 0.288 bits per heavy atom. The summed E-state index contributed by atoms with van der Waals surface area (Å²) in [7, 11) is -18.3. The van der Waals surface area contributed by atoms with Crippen LogP contribution in [0.3, 0.4) is 0 Å². The highest BCUT2D eigenvalue weighted by molar-refractivity contribution is 7.90. The number of morpholine rings is 1. The molecule has 0 atom stereocenters. The fourth-order valence-corrected chi connectivity index (χ4v) is 28.6. The molecule has 132 heavy (non-hydrogen) atoms. The normalized spacial score (nSPS) is 16.3. The molecule has 0 amide bonds.